The third-order valence-electron chi connectivity index (χ3n) is 4.98. The van der Waals surface area contributed by atoms with E-state index in [2.05, 4.69) is 60.5 Å². The van der Waals surface area contributed by atoms with E-state index in [1.54, 1.807) is 11.3 Å². The van der Waals surface area contributed by atoms with Gasteiger partial charge in [-0.05, 0) is 54.4 Å². The number of likely N-dealkylation sites (tertiary alicyclic amines) is 1. The quantitative estimate of drug-likeness (QED) is 0.851. The molecule has 0 saturated carbocycles. The highest BCUT2D eigenvalue weighted by atomic mass is 32.1. The van der Waals surface area contributed by atoms with Crippen LogP contribution in [0.25, 0.3) is 0 Å². The predicted molar refractivity (Wildman–Crippen MR) is 98.6 cm³/mol. The molecule has 0 radical (unpaired) electrons. The highest BCUT2D eigenvalue weighted by Gasteiger charge is 2.30. The average molecular weight is 343 g/mol. The molecule has 1 N–H and O–H groups in total. The van der Waals surface area contributed by atoms with Crippen molar-refractivity contribution in [2.24, 2.45) is 5.92 Å². The Bertz CT molecular complexity index is 655. The number of carboxylic acid groups (broad SMARTS) is 1. The number of aliphatic carboxylic acids is 1. The van der Waals surface area contributed by atoms with E-state index in [0.29, 0.717) is 5.92 Å². The molecule has 2 aromatic rings. The lowest BCUT2D eigenvalue weighted by atomic mass is 9.93. The van der Waals surface area contributed by atoms with Crippen LogP contribution in [-0.2, 0) is 4.79 Å². The lowest BCUT2D eigenvalue weighted by Gasteiger charge is -2.36. The molecule has 128 valence electrons. The molecule has 0 aliphatic carbocycles. The van der Waals surface area contributed by atoms with Gasteiger partial charge in [-0.3, -0.25) is 9.69 Å². The van der Waals surface area contributed by atoms with Gasteiger partial charge in [-0.1, -0.05) is 44.2 Å². The fraction of sp³-hybridized carbons (Fsp3) is 0.450. The van der Waals surface area contributed by atoms with Crippen molar-refractivity contribution in [2.45, 2.75) is 38.6 Å². The number of rotatable bonds is 5. The molecule has 0 bridgehead atoms. The number of carboxylic acids is 1. The van der Waals surface area contributed by atoms with Crippen molar-refractivity contribution in [1.82, 2.24) is 4.90 Å². The van der Waals surface area contributed by atoms with Gasteiger partial charge in [-0.2, -0.15) is 0 Å². The molecular weight excluding hydrogens is 318 g/mol. The molecule has 2 heterocycles. The van der Waals surface area contributed by atoms with Crippen molar-refractivity contribution in [3.63, 3.8) is 0 Å². The summed E-state index contributed by atoms with van der Waals surface area (Å²) >= 11 is 1.78. The van der Waals surface area contributed by atoms with Crippen LogP contribution in [0.15, 0.2) is 41.8 Å². The second-order valence-corrected chi connectivity index (χ2v) is 7.87. The van der Waals surface area contributed by atoms with Gasteiger partial charge >= 0.3 is 5.97 Å². The van der Waals surface area contributed by atoms with Gasteiger partial charge in [0.25, 0.3) is 0 Å². The Morgan fingerprint density at radius 3 is 2.25 bits per heavy atom. The van der Waals surface area contributed by atoms with Gasteiger partial charge in [0.15, 0.2) is 0 Å². The Morgan fingerprint density at radius 2 is 1.75 bits per heavy atom. The highest BCUT2D eigenvalue weighted by molar-refractivity contribution is 7.10. The van der Waals surface area contributed by atoms with Gasteiger partial charge in [0, 0.05) is 4.88 Å². The van der Waals surface area contributed by atoms with Crippen LogP contribution in [0, 0.1) is 5.92 Å². The standard InChI is InChI=1S/C20H25NO2S/c1-14(2)15-5-7-16(8-6-15)19(18-4-3-13-24-18)21-11-9-17(10-12-21)20(22)23/h3-8,13-14,17,19H,9-12H2,1-2H3,(H,22,23). The van der Waals surface area contributed by atoms with Crippen LogP contribution in [-0.4, -0.2) is 29.1 Å². The number of carbonyl (C=O) groups is 1. The zero-order chi connectivity index (χ0) is 17.1. The van der Waals surface area contributed by atoms with Gasteiger partial charge in [0.2, 0.25) is 0 Å². The van der Waals surface area contributed by atoms with Crippen molar-refractivity contribution in [3.05, 3.63) is 57.8 Å². The smallest absolute Gasteiger partial charge is 0.306 e. The van der Waals surface area contributed by atoms with Crippen LogP contribution in [0.2, 0.25) is 0 Å². The molecule has 1 fully saturated rings. The summed E-state index contributed by atoms with van der Waals surface area (Å²) in [6.45, 7) is 6.10. The van der Waals surface area contributed by atoms with E-state index in [1.807, 2.05) is 0 Å². The predicted octanol–water partition coefficient (Wildman–Crippen LogP) is 4.76. The van der Waals surface area contributed by atoms with Crippen LogP contribution in [0.3, 0.4) is 0 Å². The Balaban J connectivity index is 1.84. The van der Waals surface area contributed by atoms with E-state index >= 15 is 0 Å². The molecule has 3 nitrogen and oxygen atoms in total. The monoisotopic (exact) mass is 343 g/mol. The first-order valence-corrected chi connectivity index (χ1v) is 9.54. The lowest BCUT2D eigenvalue weighted by Crippen LogP contribution is -2.39. The van der Waals surface area contributed by atoms with Crippen molar-refractivity contribution >= 4 is 17.3 Å². The molecule has 1 aliphatic rings. The molecule has 0 amide bonds. The Kier molecular flexibility index (Phi) is 5.36. The normalized spacial score (nSPS) is 18.0. The van der Waals surface area contributed by atoms with Crippen LogP contribution in [0.4, 0.5) is 0 Å². The Labute approximate surface area is 147 Å². The van der Waals surface area contributed by atoms with Crippen molar-refractivity contribution in [3.8, 4) is 0 Å². The molecule has 1 aromatic carbocycles. The third kappa shape index (κ3) is 3.70. The second kappa shape index (κ2) is 7.49. The molecular formula is C20H25NO2S. The van der Waals surface area contributed by atoms with Crippen LogP contribution in [0.5, 0.6) is 0 Å². The zero-order valence-electron chi connectivity index (χ0n) is 14.3. The lowest BCUT2D eigenvalue weighted by molar-refractivity contribution is -0.143. The summed E-state index contributed by atoms with van der Waals surface area (Å²) in [5.41, 5.74) is 2.66. The van der Waals surface area contributed by atoms with Gasteiger partial charge in [-0.15, -0.1) is 11.3 Å². The number of nitrogens with zero attached hydrogens (tertiary/aromatic N) is 1. The minimum absolute atomic E-state index is 0.187. The maximum absolute atomic E-state index is 11.2. The summed E-state index contributed by atoms with van der Waals surface area (Å²) in [6, 6.07) is 13.5. The Morgan fingerprint density at radius 1 is 1.12 bits per heavy atom. The summed E-state index contributed by atoms with van der Waals surface area (Å²) in [4.78, 5) is 15.0. The van der Waals surface area contributed by atoms with E-state index in [4.69, 9.17) is 0 Å². The largest absolute Gasteiger partial charge is 0.481 e. The van der Waals surface area contributed by atoms with E-state index in [9.17, 15) is 9.90 Å². The number of hydrogen-bond acceptors (Lipinski definition) is 3. The number of thiophene rings is 1. The topological polar surface area (TPSA) is 40.5 Å². The molecule has 3 rings (SSSR count). The van der Waals surface area contributed by atoms with Gasteiger partial charge in [0.1, 0.15) is 0 Å². The van der Waals surface area contributed by atoms with Crippen LogP contribution in [0.1, 0.15) is 54.7 Å². The first-order chi connectivity index (χ1) is 11.6. The number of piperidine rings is 1. The van der Waals surface area contributed by atoms with E-state index in [0.717, 1.165) is 25.9 Å². The van der Waals surface area contributed by atoms with E-state index in [1.165, 1.54) is 16.0 Å². The minimum Gasteiger partial charge on any atom is -0.481 e. The summed E-state index contributed by atoms with van der Waals surface area (Å²) in [5, 5.41) is 11.4. The summed E-state index contributed by atoms with van der Waals surface area (Å²) in [6.07, 6.45) is 1.47. The molecule has 4 heteroatoms. The summed E-state index contributed by atoms with van der Waals surface area (Å²) in [5.74, 6) is -0.303. The zero-order valence-corrected chi connectivity index (χ0v) is 15.1. The van der Waals surface area contributed by atoms with Crippen molar-refractivity contribution < 1.29 is 9.90 Å². The fourth-order valence-corrected chi connectivity index (χ4v) is 4.36. The number of hydrogen-bond donors (Lipinski definition) is 1. The van der Waals surface area contributed by atoms with Crippen molar-refractivity contribution in [1.29, 1.82) is 0 Å². The first kappa shape index (κ1) is 17.2. The van der Waals surface area contributed by atoms with Crippen molar-refractivity contribution in [2.75, 3.05) is 13.1 Å². The molecule has 24 heavy (non-hydrogen) atoms. The third-order valence-corrected chi connectivity index (χ3v) is 5.90. The van der Waals surface area contributed by atoms with Gasteiger partial charge in [0.05, 0.1) is 12.0 Å². The maximum Gasteiger partial charge on any atom is 0.306 e. The van der Waals surface area contributed by atoms with Gasteiger partial charge < -0.3 is 5.11 Å². The van der Waals surface area contributed by atoms with Gasteiger partial charge in [-0.25, -0.2) is 0 Å². The molecule has 1 atom stereocenters. The Hall–Kier alpha value is -1.65. The number of benzene rings is 1. The molecule has 0 spiro atoms. The molecule has 1 aromatic heterocycles. The minimum atomic E-state index is -0.649. The average Bonchev–Trinajstić information content (AvgIpc) is 3.10. The first-order valence-electron chi connectivity index (χ1n) is 8.66. The fourth-order valence-electron chi connectivity index (χ4n) is 3.47. The molecule has 1 unspecified atom stereocenters. The molecule has 1 aliphatic heterocycles. The summed E-state index contributed by atoms with van der Waals surface area (Å²) in [7, 11) is 0. The van der Waals surface area contributed by atoms with E-state index < -0.39 is 5.97 Å². The van der Waals surface area contributed by atoms with Crippen LogP contribution < -0.4 is 0 Å². The maximum atomic E-state index is 11.2. The second-order valence-electron chi connectivity index (χ2n) is 6.89. The SMILES string of the molecule is CC(C)c1ccc(C(c2cccs2)N2CCC(C(=O)O)CC2)cc1. The molecule has 1 saturated heterocycles. The summed E-state index contributed by atoms with van der Waals surface area (Å²) < 4.78 is 0. The van der Waals surface area contributed by atoms with E-state index in [-0.39, 0.29) is 12.0 Å². The highest BCUT2D eigenvalue weighted by Crippen LogP contribution is 2.35. The van der Waals surface area contributed by atoms with Crippen LogP contribution >= 0.6 is 11.3 Å².